The van der Waals surface area contributed by atoms with Crippen LogP contribution < -0.4 is 11.1 Å². The number of aromatic nitrogens is 3. The average Bonchev–Trinajstić information content (AvgIpc) is 2.98. The van der Waals surface area contributed by atoms with Crippen LogP contribution in [0.1, 0.15) is 23.9 Å². The first-order chi connectivity index (χ1) is 12.4. The van der Waals surface area contributed by atoms with Crippen LogP contribution in [0.15, 0.2) is 30.3 Å². The molecule has 0 spiro atoms. The zero-order chi connectivity index (χ0) is 19.1. The van der Waals surface area contributed by atoms with Crippen LogP contribution in [0.25, 0.3) is 11.2 Å². The molecular weight excluding hydrogens is 397 g/mol. The molecule has 0 saturated carbocycles. The van der Waals surface area contributed by atoms with E-state index in [-0.39, 0.29) is 6.42 Å². The molecule has 6 nitrogen and oxygen atoms in total. The zero-order valence-corrected chi connectivity index (χ0v) is 16.2. The summed E-state index contributed by atoms with van der Waals surface area (Å²) in [5.41, 5.74) is 8.10. The number of nitrogens with one attached hydrogen (secondary N) is 2. The third-order valence-electron chi connectivity index (χ3n) is 3.33. The van der Waals surface area contributed by atoms with E-state index < -0.39 is 6.04 Å². The van der Waals surface area contributed by atoms with Crippen LogP contribution in [0.4, 0.5) is 0 Å². The lowest BCUT2D eigenvalue weighted by atomic mass is 10.2. The number of hydrogen-bond acceptors (Lipinski definition) is 5. The second-order valence-corrected chi connectivity index (χ2v) is 6.70. The van der Waals surface area contributed by atoms with E-state index in [9.17, 15) is 4.79 Å². The standard InChI is InChI=1S/C9H9ClN4O.C8H9Cl2N/c10-7-2-1-6-9(13-7)14-8(12-6)5(11)3-4-15;1-11-5-6-2-7(9)4-8(10)3-6/h1-2,4-5H,3,11H2,(H,12,13,14);2-4,11H,5H2,1H3. The Bertz CT molecular complexity index is 864. The number of H-pyrrole nitrogens is 1. The summed E-state index contributed by atoms with van der Waals surface area (Å²) in [7, 11) is 1.88. The molecule has 4 N–H and O–H groups in total. The Morgan fingerprint density at radius 3 is 2.50 bits per heavy atom. The van der Waals surface area contributed by atoms with E-state index in [1.807, 2.05) is 19.2 Å². The van der Waals surface area contributed by atoms with Crippen molar-refractivity contribution in [1.82, 2.24) is 20.3 Å². The Labute approximate surface area is 166 Å². The molecule has 0 aliphatic rings. The fourth-order valence-electron chi connectivity index (χ4n) is 2.20. The van der Waals surface area contributed by atoms with E-state index >= 15 is 0 Å². The molecule has 1 atom stereocenters. The molecule has 2 aromatic heterocycles. The van der Waals surface area contributed by atoms with E-state index in [1.54, 1.807) is 18.2 Å². The van der Waals surface area contributed by atoms with Gasteiger partial charge in [0.1, 0.15) is 17.3 Å². The first-order valence-corrected chi connectivity index (χ1v) is 8.87. The third kappa shape index (κ3) is 5.93. The molecule has 0 radical (unpaired) electrons. The van der Waals surface area contributed by atoms with Crippen molar-refractivity contribution in [3.8, 4) is 0 Å². The van der Waals surface area contributed by atoms with Gasteiger partial charge < -0.3 is 20.8 Å². The number of rotatable bonds is 5. The molecule has 2 heterocycles. The topological polar surface area (TPSA) is 96.7 Å². The summed E-state index contributed by atoms with van der Waals surface area (Å²) in [5, 5.41) is 4.77. The summed E-state index contributed by atoms with van der Waals surface area (Å²) in [6.45, 7) is 0.792. The number of pyridine rings is 1. The minimum Gasteiger partial charge on any atom is -0.339 e. The Kier molecular flexibility index (Phi) is 7.81. The van der Waals surface area contributed by atoms with E-state index in [1.165, 1.54) is 0 Å². The Morgan fingerprint density at radius 2 is 1.88 bits per heavy atom. The summed E-state index contributed by atoms with van der Waals surface area (Å²) in [5.74, 6) is 0.548. The highest BCUT2D eigenvalue weighted by Gasteiger charge is 2.11. The smallest absolute Gasteiger partial charge is 0.179 e. The molecule has 0 fully saturated rings. The number of imidazole rings is 1. The quantitative estimate of drug-likeness (QED) is 0.434. The van der Waals surface area contributed by atoms with Crippen molar-refractivity contribution in [2.24, 2.45) is 5.73 Å². The lowest BCUT2D eigenvalue weighted by Gasteiger charge is -2.01. The molecule has 1 unspecified atom stereocenters. The lowest BCUT2D eigenvalue weighted by Crippen LogP contribution is -2.12. The number of fused-ring (bicyclic) bond motifs is 1. The molecule has 3 aromatic rings. The number of carbonyl (C=O) groups excluding carboxylic acids is 1. The molecular formula is C17H18Cl3N5O. The molecule has 26 heavy (non-hydrogen) atoms. The highest BCUT2D eigenvalue weighted by molar-refractivity contribution is 6.34. The van der Waals surface area contributed by atoms with Crippen molar-refractivity contribution in [2.45, 2.75) is 19.0 Å². The molecule has 3 rings (SSSR count). The van der Waals surface area contributed by atoms with Crippen LogP contribution in [-0.2, 0) is 11.3 Å². The van der Waals surface area contributed by atoms with Crippen molar-refractivity contribution in [3.05, 3.63) is 56.9 Å². The van der Waals surface area contributed by atoms with Gasteiger partial charge >= 0.3 is 0 Å². The SMILES string of the molecule is CNCc1cc(Cl)cc(Cl)c1.NC(CC=O)c1nc2nc(Cl)ccc2[nH]1. The predicted molar refractivity (Wildman–Crippen MR) is 106 cm³/mol. The van der Waals surface area contributed by atoms with Gasteiger partial charge in [-0.3, -0.25) is 0 Å². The summed E-state index contributed by atoms with van der Waals surface area (Å²) in [4.78, 5) is 21.5. The van der Waals surface area contributed by atoms with Gasteiger partial charge in [-0.1, -0.05) is 34.8 Å². The molecule has 9 heteroatoms. The molecule has 0 bridgehead atoms. The van der Waals surface area contributed by atoms with Gasteiger partial charge in [-0.2, -0.15) is 0 Å². The first-order valence-electron chi connectivity index (χ1n) is 7.74. The molecule has 0 aliphatic heterocycles. The molecule has 0 saturated heterocycles. The summed E-state index contributed by atoms with van der Waals surface area (Å²) >= 11 is 17.3. The van der Waals surface area contributed by atoms with Gasteiger partial charge in [0.15, 0.2) is 5.65 Å². The van der Waals surface area contributed by atoms with Crippen molar-refractivity contribution in [1.29, 1.82) is 0 Å². The van der Waals surface area contributed by atoms with Gasteiger partial charge in [-0.15, -0.1) is 0 Å². The number of hydrogen-bond donors (Lipinski definition) is 3. The van der Waals surface area contributed by atoms with Crippen LogP contribution in [0.2, 0.25) is 15.2 Å². The van der Waals surface area contributed by atoms with Crippen molar-refractivity contribution < 1.29 is 4.79 Å². The van der Waals surface area contributed by atoms with E-state index in [0.717, 1.165) is 23.9 Å². The number of halogens is 3. The fourth-order valence-corrected chi connectivity index (χ4v) is 2.91. The average molecular weight is 415 g/mol. The highest BCUT2D eigenvalue weighted by Crippen LogP contribution is 2.19. The van der Waals surface area contributed by atoms with Gasteiger partial charge in [-0.05, 0) is 42.9 Å². The second-order valence-electron chi connectivity index (χ2n) is 5.44. The number of nitrogens with zero attached hydrogens (tertiary/aromatic N) is 2. The monoisotopic (exact) mass is 413 g/mol. The van der Waals surface area contributed by atoms with Gasteiger partial charge in [-0.25, -0.2) is 9.97 Å². The van der Waals surface area contributed by atoms with E-state index in [4.69, 9.17) is 40.5 Å². The molecule has 0 aliphatic carbocycles. The number of aldehydes is 1. The minimum atomic E-state index is -0.421. The molecule has 0 amide bonds. The van der Waals surface area contributed by atoms with Gasteiger partial charge in [0, 0.05) is 23.0 Å². The van der Waals surface area contributed by atoms with Gasteiger partial charge in [0.2, 0.25) is 0 Å². The Morgan fingerprint density at radius 1 is 1.19 bits per heavy atom. The van der Waals surface area contributed by atoms with Crippen LogP contribution >= 0.6 is 34.8 Å². The number of benzene rings is 1. The molecule has 138 valence electrons. The highest BCUT2D eigenvalue weighted by atomic mass is 35.5. The van der Waals surface area contributed by atoms with E-state index in [0.29, 0.717) is 26.7 Å². The Hall–Kier alpha value is -1.70. The largest absolute Gasteiger partial charge is 0.339 e. The first kappa shape index (κ1) is 20.6. The molecule has 1 aromatic carbocycles. The van der Waals surface area contributed by atoms with Crippen LogP contribution in [-0.4, -0.2) is 28.3 Å². The van der Waals surface area contributed by atoms with Gasteiger partial charge in [0.05, 0.1) is 11.6 Å². The maximum absolute atomic E-state index is 10.3. The maximum Gasteiger partial charge on any atom is 0.179 e. The van der Waals surface area contributed by atoms with Crippen LogP contribution in [0, 0.1) is 0 Å². The van der Waals surface area contributed by atoms with Crippen molar-refractivity contribution in [2.75, 3.05) is 7.05 Å². The third-order valence-corrected chi connectivity index (χ3v) is 3.98. The predicted octanol–water partition coefficient (Wildman–Crippen LogP) is 3.91. The van der Waals surface area contributed by atoms with Crippen LogP contribution in [0.5, 0.6) is 0 Å². The normalized spacial score (nSPS) is 11.7. The lowest BCUT2D eigenvalue weighted by molar-refractivity contribution is -0.108. The van der Waals surface area contributed by atoms with Crippen molar-refractivity contribution in [3.63, 3.8) is 0 Å². The summed E-state index contributed by atoms with van der Waals surface area (Å²) in [6, 6.07) is 8.53. The minimum absolute atomic E-state index is 0.230. The van der Waals surface area contributed by atoms with Crippen molar-refractivity contribution >= 4 is 52.3 Å². The zero-order valence-electron chi connectivity index (χ0n) is 14.0. The van der Waals surface area contributed by atoms with Gasteiger partial charge in [0.25, 0.3) is 0 Å². The maximum atomic E-state index is 10.3. The fraction of sp³-hybridized carbons (Fsp3) is 0.235. The Balaban J connectivity index is 0.000000197. The van der Waals surface area contributed by atoms with E-state index in [2.05, 4.69) is 20.3 Å². The number of nitrogens with two attached hydrogens (primary N) is 1. The summed E-state index contributed by atoms with van der Waals surface area (Å²) in [6.07, 6.45) is 0.992. The number of carbonyl (C=O) groups is 1. The summed E-state index contributed by atoms with van der Waals surface area (Å²) < 4.78 is 0. The second kappa shape index (κ2) is 9.85. The number of aromatic amines is 1. The van der Waals surface area contributed by atoms with Crippen LogP contribution in [0.3, 0.4) is 0 Å².